The van der Waals surface area contributed by atoms with Gasteiger partial charge in [0.05, 0.1) is 18.0 Å². The molecule has 104 valence electrons. The minimum absolute atomic E-state index is 0.677. The van der Waals surface area contributed by atoms with Crippen molar-refractivity contribution >= 4 is 5.95 Å². The van der Waals surface area contributed by atoms with Gasteiger partial charge in [0.2, 0.25) is 5.95 Å². The summed E-state index contributed by atoms with van der Waals surface area (Å²) in [4.78, 5) is 4.48. The molecule has 1 N–H and O–H groups in total. The van der Waals surface area contributed by atoms with Crippen molar-refractivity contribution < 1.29 is 4.74 Å². The number of methoxy groups -OCH3 is 1. The monoisotopic (exact) mass is 263 g/mol. The summed E-state index contributed by atoms with van der Waals surface area (Å²) in [6.07, 6.45) is 4.05. The lowest BCUT2D eigenvalue weighted by atomic mass is 10.3. The zero-order valence-electron chi connectivity index (χ0n) is 12.0. The second kappa shape index (κ2) is 5.88. The number of nitrogens with zero attached hydrogens (tertiary/aromatic N) is 4. The van der Waals surface area contributed by atoms with E-state index in [2.05, 4.69) is 20.0 Å². The van der Waals surface area contributed by atoms with Gasteiger partial charge < -0.3 is 14.6 Å². The number of aromatic nitrogens is 4. The summed E-state index contributed by atoms with van der Waals surface area (Å²) in [5.74, 6) is 0.873. The van der Waals surface area contributed by atoms with Gasteiger partial charge in [0.25, 0.3) is 0 Å². The molecule has 0 radical (unpaired) electrons. The van der Waals surface area contributed by atoms with Crippen molar-refractivity contribution in [3.8, 4) is 0 Å². The SMILES string of the molecule is COCCn1cc(C)nc1NCc1cn(C)nc1C. The first-order chi connectivity index (χ1) is 9.10. The average molecular weight is 263 g/mol. The Balaban J connectivity index is 2.04. The van der Waals surface area contributed by atoms with Gasteiger partial charge in [0.1, 0.15) is 0 Å². The minimum atomic E-state index is 0.677. The number of ether oxygens (including phenoxy) is 1. The maximum atomic E-state index is 5.11. The van der Waals surface area contributed by atoms with E-state index in [0.717, 1.165) is 30.4 Å². The van der Waals surface area contributed by atoms with Crippen LogP contribution in [-0.4, -0.2) is 33.0 Å². The van der Waals surface area contributed by atoms with Crippen molar-refractivity contribution in [3.05, 3.63) is 29.3 Å². The summed E-state index contributed by atoms with van der Waals surface area (Å²) in [7, 11) is 3.63. The van der Waals surface area contributed by atoms with Crippen LogP contribution in [0.5, 0.6) is 0 Å². The first-order valence-electron chi connectivity index (χ1n) is 6.36. The van der Waals surface area contributed by atoms with Gasteiger partial charge in [-0.25, -0.2) is 4.98 Å². The lowest BCUT2D eigenvalue weighted by molar-refractivity contribution is 0.187. The normalized spacial score (nSPS) is 10.9. The van der Waals surface area contributed by atoms with Crippen molar-refractivity contribution in [3.63, 3.8) is 0 Å². The van der Waals surface area contributed by atoms with E-state index in [0.29, 0.717) is 6.61 Å². The van der Waals surface area contributed by atoms with Gasteiger partial charge in [0.15, 0.2) is 0 Å². The quantitative estimate of drug-likeness (QED) is 0.858. The van der Waals surface area contributed by atoms with E-state index in [4.69, 9.17) is 4.74 Å². The first kappa shape index (κ1) is 13.6. The lowest BCUT2D eigenvalue weighted by Gasteiger charge is -2.08. The molecular weight excluding hydrogens is 242 g/mol. The number of hydrogen-bond donors (Lipinski definition) is 1. The van der Waals surface area contributed by atoms with Crippen molar-refractivity contribution in [2.24, 2.45) is 7.05 Å². The minimum Gasteiger partial charge on any atom is -0.383 e. The Kier molecular flexibility index (Phi) is 4.21. The summed E-state index contributed by atoms with van der Waals surface area (Å²) in [5.41, 5.74) is 3.23. The third-order valence-corrected chi connectivity index (χ3v) is 2.99. The molecule has 0 spiro atoms. The van der Waals surface area contributed by atoms with Crippen LogP contribution < -0.4 is 5.32 Å². The van der Waals surface area contributed by atoms with Crippen LogP contribution >= 0.6 is 0 Å². The third-order valence-electron chi connectivity index (χ3n) is 2.99. The highest BCUT2D eigenvalue weighted by Crippen LogP contribution is 2.11. The molecule has 2 aromatic heterocycles. The molecule has 0 aromatic carbocycles. The summed E-state index contributed by atoms with van der Waals surface area (Å²) >= 11 is 0. The standard InChI is InChI=1S/C13H21N5O/c1-10-8-18(5-6-19-4)13(15-10)14-7-12-9-17(3)16-11(12)2/h8-9H,5-7H2,1-4H3,(H,14,15). The fourth-order valence-electron chi connectivity index (χ4n) is 2.04. The van der Waals surface area contributed by atoms with E-state index in [1.54, 1.807) is 7.11 Å². The number of nitrogens with one attached hydrogen (secondary N) is 1. The zero-order valence-corrected chi connectivity index (χ0v) is 12.0. The molecule has 2 heterocycles. The number of anilines is 1. The molecule has 2 aromatic rings. The molecule has 0 unspecified atom stereocenters. The number of rotatable bonds is 6. The molecule has 0 aliphatic heterocycles. The topological polar surface area (TPSA) is 56.9 Å². The van der Waals surface area contributed by atoms with Gasteiger partial charge in [-0.15, -0.1) is 0 Å². The second-order valence-electron chi connectivity index (χ2n) is 4.66. The highest BCUT2D eigenvalue weighted by atomic mass is 16.5. The molecule has 6 nitrogen and oxygen atoms in total. The zero-order chi connectivity index (χ0) is 13.8. The number of aryl methyl sites for hydroxylation is 3. The Morgan fingerprint density at radius 2 is 2.11 bits per heavy atom. The molecule has 6 heteroatoms. The molecule has 0 amide bonds. The average Bonchev–Trinajstić information content (AvgIpc) is 2.86. The summed E-state index contributed by atoms with van der Waals surface area (Å²) in [6, 6.07) is 0. The van der Waals surface area contributed by atoms with E-state index in [9.17, 15) is 0 Å². The molecule has 0 bridgehead atoms. The maximum Gasteiger partial charge on any atom is 0.203 e. The Morgan fingerprint density at radius 1 is 1.32 bits per heavy atom. The van der Waals surface area contributed by atoms with Crippen LogP contribution in [0.2, 0.25) is 0 Å². The second-order valence-corrected chi connectivity index (χ2v) is 4.66. The van der Waals surface area contributed by atoms with E-state index in [1.165, 1.54) is 5.56 Å². The molecule has 0 saturated carbocycles. The Morgan fingerprint density at radius 3 is 2.74 bits per heavy atom. The van der Waals surface area contributed by atoms with Gasteiger partial charge in [-0.1, -0.05) is 0 Å². The molecule has 0 fully saturated rings. The van der Waals surface area contributed by atoms with Gasteiger partial charge >= 0.3 is 0 Å². The van der Waals surface area contributed by atoms with Gasteiger partial charge in [0, 0.05) is 45.2 Å². The van der Waals surface area contributed by atoms with Crippen molar-refractivity contribution in [2.75, 3.05) is 19.0 Å². The molecule has 0 saturated heterocycles. The largest absolute Gasteiger partial charge is 0.383 e. The van der Waals surface area contributed by atoms with Crippen LogP contribution in [0.3, 0.4) is 0 Å². The van der Waals surface area contributed by atoms with Crippen LogP contribution in [-0.2, 0) is 24.9 Å². The van der Waals surface area contributed by atoms with Gasteiger partial charge in [-0.3, -0.25) is 4.68 Å². The van der Waals surface area contributed by atoms with Crippen LogP contribution in [0.25, 0.3) is 0 Å². The smallest absolute Gasteiger partial charge is 0.203 e. The van der Waals surface area contributed by atoms with E-state index in [1.807, 2.05) is 38.0 Å². The summed E-state index contributed by atoms with van der Waals surface area (Å²) in [6.45, 7) is 6.20. The summed E-state index contributed by atoms with van der Waals surface area (Å²) < 4.78 is 9.01. The maximum absolute atomic E-state index is 5.11. The van der Waals surface area contributed by atoms with Gasteiger partial charge in [-0.05, 0) is 13.8 Å². The molecule has 2 rings (SSSR count). The first-order valence-corrected chi connectivity index (χ1v) is 6.36. The molecule has 0 aliphatic carbocycles. The molecule has 0 atom stereocenters. The van der Waals surface area contributed by atoms with Crippen LogP contribution in [0.15, 0.2) is 12.4 Å². The Hall–Kier alpha value is -1.82. The Bertz CT molecular complexity index is 543. The highest BCUT2D eigenvalue weighted by Gasteiger charge is 2.07. The van der Waals surface area contributed by atoms with Crippen molar-refractivity contribution in [1.29, 1.82) is 0 Å². The van der Waals surface area contributed by atoms with Crippen LogP contribution in [0, 0.1) is 13.8 Å². The number of hydrogen-bond acceptors (Lipinski definition) is 4. The van der Waals surface area contributed by atoms with Crippen LogP contribution in [0.4, 0.5) is 5.95 Å². The van der Waals surface area contributed by atoms with E-state index >= 15 is 0 Å². The van der Waals surface area contributed by atoms with Crippen molar-refractivity contribution in [1.82, 2.24) is 19.3 Å². The van der Waals surface area contributed by atoms with Gasteiger partial charge in [-0.2, -0.15) is 5.10 Å². The third kappa shape index (κ3) is 3.35. The molecule has 19 heavy (non-hydrogen) atoms. The fourth-order valence-corrected chi connectivity index (χ4v) is 2.04. The van der Waals surface area contributed by atoms with Crippen molar-refractivity contribution in [2.45, 2.75) is 26.9 Å². The predicted octanol–water partition coefficient (Wildman–Crippen LogP) is 1.49. The molecular formula is C13H21N5O. The number of imidazole rings is 1. The predicted molar refractivity (Wildman–Crippen MR) is 74.1 cm³/mol. The van der Waals surface area contributed by atoms with Crippen LogP contribution in [0.1, 0.15) is 17.0 Å². The van der Waals surface area contributed by atoms with E-state index in [-0.39, 0.29) is 0 Å². The summed E-state index contributed by atoms with van der Waals surface area (Å²) in [5, 5.41) is 7.69. The highest BCUT2D eigenvalue weighted by molar-refractivity contribution is 5.31. The fraction of sp³-hybridized carbons (Fsp3) is 0.538. The molecule has 0 aliphatic rings. The lowest BCUT2D eigenvalue weighted by Crippen LogP contribution is -2.10. The van der Waals surface area contributed by atoms with E-state index < -0.39 is 0 Å². The Labute approximate surface area is 113 Å².